The lowest BCUT2D eigenvalue weighted by Gasteiger charge is -2.27. The summed E-state index contributed by atoms with van der Waals surface area (Å²) in [6, 6.07) is 8.86. The molecule has 0 saturated carbocycles. The summed E-state index contributed by atoms with van der Waals surface area (Å²) in [5, 5.41) is 11.3. The fourth-order valence-corrected chi connectivity index (χ4v) is 3.03. The molecular weight excluding hydrogens is 341 g/mol. The molecule has 27 heavy (non-hydrogen) atoms. The lowest BCUT2D eigenvalue weighted by atomic mass is 9.84. The normalized spacial score (nSPS) is 13.5. The van der Waals surface area contributed by atoms with Gasteiger partial charge in [-0.1, -0.05) is 32.9 Å². The Bertz CT molecular complexity index is 779. The minimum atomic E-state index is -0.213. The summed E-state index contributed by atoms with van der Waals surface area (Å²) in [5.74, 6) is 0.943. The molecule has 0 amide bonds. The van der Waals surface area contributed by atoms with Gasteiger partial charge in [-0.3, -0.25) is 9.67 Å². The van der Waals surface area contributed by atoms with Gasteiger partial charge in [-0.15, -0.1) is 0 Å². The molecule has 148 valence electrons. The largest absolute Gasteiger partial charge is 0.356 e. The van der Waals surface area contributed by atoms with Gasteiger partial charge in [0.2, 0.25) is 0 Å². The zero-order valence-corrected chi connectivity index (χ0v) is 17.3. The number of hydrogen-bond donors (Lipinski definition) is 2. The Kier molecular flexibility index (Phi) is 6.99. The predicted octanol–water partition coefficient (Wildman–Crippen LogP) is 3.42. The van der Waals surface area contributed by atoms with E-state index in [1.165, 1.54) is 11.8 Å². The van der Waals surface area contributed by atoms with E-state index in [4.69, 9.17) is 0 Å². The molecule has 2 aromatic rings. The van der Waals surface area contributed by atoms with Crippen molar-refractivity contribution in [3.8, 4) is 0 Å². The number of nitrogens with one attached hydrogen (secondary N) is 2. The summed E-state index contributed by atoms with van der Waals surface area (Å²) in [7, 11) is 1.76. The first kappa shape index (κ1) is 20.9. The first-order chi connectivity index (χ1) is 12.7. The topological polar surface area (TPSA) is 54.2 Å². The highest BCUT2D eigenvalue weighted by Gasteiger charge is 2.21. The third kappa shape index (κ3) is 6.08. The number of aliphatic imine (C=N–C) groups is 1. The first-order valence-corrected chi connectivity index (χ1v) is 9.43. The molecule has 6 heteroatoms. The summed E-state index contributed by atoms with van der Waals surface area (Å²) in [5.41, 5.74) is 2.97. The van der Waals surface area contributed by atoms with E-state index in [1.54, 1.807) is 19.2 Å². The van der Waals surface area contributed by atoms with Gasteiger partial charge in [0.25, 0.3) is 0 Å². The summed E-state index contributed by atoms with van der Waals surface area (Å²) >= 11 is 0. The Balaban J connectivity index is 1.85. The lowest BCUT2D eigenvalue weighted by molar-refractivity contribution is 0.434. The van der Waals surface area contributed by atoms with Crippen LogP contribution in [0.1, 0.15) is 37.7 Å². The Morgan fingerprint density at radius 2 is 2.00 bits per heavy atom. The molecule has 0 fully saturated rings. The summed E-state index contributed by atoms with van der Waals surface area (Å²) < 4.78 is 15.6. The number of aryl methyl sites for hydroxylation is 2. The van der Waals surface area contributed by atoms with E-state index in [9.17, 15) is 4.39 Å². The average Bonchev–Trinajstić information content (AvgIpc) is 2.92. The zero-order valence-electron chi connectivity index (χ0n) is 17.3. The first-order valence-electron chi connectivity index (χ1n) is 9.43. The van der Waals surface area contributed by atoms with Crippen LogP contribution in [0.25, 0.3) is 0 Å². The Morgan fingerprint density at radius 1 is 1.26 bits per heavy atom. The smallest absolute Gasteiger partial charge is 0.191 e. The minimum Gasteiger partial charge on any atom is -0.356 e. The van der Waals surface area contributed by atoms with Crippen molar-refractivity contribution < 1.29 is 4.39 Å². The number of halogens is 1. The van der Waals surface area contributed by atoms with Crippen molar-refractivity contribution in [2.75, 3.05) is 20.1 Å². The van der Waals surface area contributed by atoms with E-state index < -0.39 is 0 Å². The van der Waals surface area contributed by atoms with E-state index in [0.717, 1.165) is 30.3 Å². The summed E-state index contributed by atoms with van der Waals surface area (Å²) in [6.07, 6.45) is 0. The number of aromatic nitrogens is 2. The Hall–Kier alpha value is -2.37. The van der Waals surface area contributed by atoms with Crippen LogP contribution in [0.3, 0.4) is 0 Å². The van der Waals surface area contributed by atoms with Crippen molar-refractivity contribution in [1.29, 1.82) is 0 Å². The second-order valence-corrected chi connectivity index (χ2v) is 7.92. The molecule has 2 N–H and O–H groups in total. The highest BCUT2D eigenvalue weighted by atomic mass is 19.1. The van der Waals surface area contributed by atoms with Gasteiger partial charge in [-0.2, -0.15) is 5.10 Å². The zero-order chi connectivity index (χ0) is 20.0. The van der Waals surface area contributed by atoms with E-state index in [0.29, 0.717) is 12.5 Å². The van der Waals surface area contributed by atoms with Gasteiger partial charge in [0.1, 0.15) is 5.82 Å². The number of rotatable bonds is 7. The fraction of sp³-hybridized carbons (Fsp3) is 0.524. The van der Waals surface area contributed by atoms with Crippen molar-refractivity contribution in [2.24, 2.45) is 10.9 Å². The quantitative estimate of drug-likeness (QED) is 0.578. The molecule has 1 heterocycles. The molecule has 0 aliphatic carbocycles. The average molecular weight is 374 g/mol. The molecule has 0 bridgehead atoms. The molecule has 1 unspecified atom stereocenters. The van der Waals surface area contributed by atoms with E-state index >= 15 is 0 Å². The van der Waals surface area contributed by atoms with Crippen LogP contribution in [0.15, 0.2) is 35.3 Å². The van der Waals surface area contributed by atoms with Crippen LogP contribution in [0.5, 0.6) is 0 Å². The molecular formula is C21H32FN5. The molecule has 1 aromatic heterocycles. The van der Waals surface area contributed by atoms with Crippen molar-refractivity contribution in [3.05, 3.63) is 53.1 Å². The maximum Gasteiger partial charge on any atom is 0.191 e. The Labute approximate surface area is 162 Å². The van der Waals surface area contributed by atoms with Crippen LogP contribution in [-0.4, -0.2) is 35.9 Å². The highest BCUT2D eigenvalue weighted by molar-refractivity contribution is 5.79. The van der Waals surface area contributed by atoms with Gasteiger partial charge < -0.3 is 10.6 Å². The van der Waals surface area contributed by atoms with Crippen molar-refractivity contribution >= 4 is 5.96 Å². The van der Waals surface area contributed by atoms with E-state index in [1.807, 2.05) is 17.7 Å². The summed E-state index contributed by atoms with van der Waals surface area (Å²) in [6.45, 7) is 12.8. The van der Waals surface area contributed by atoms with E-state index in [-0.39, 0.29) is 11.2 Å². The van der Waals surface area contributed by atoms with Crippen LogP contribution in [0, 0.1) is 25.6 Å². The second-order valence-electron chi connectivity index (χ2n) is 7.92. The third-order valence-corrected chi connectivity index (χ3v) is 4.73. The molecule has 0 radical (unpaired) electrons. The standard InChI is InChI=1S/C21H32FN5/c1-15(13-27-17(3)10-16(2)26-27)12-24-20(23-6)25-14-21(4,5)18-8-7-9-19(22)11-18/h7-11,15H,12-14H2,1-6H3,(H2,23,24,25). The van der Waals surface area contributed by atoms with Gasteiger partial charge >= 0.3 is 0 Å². The molecule has 0 aliphatic heterocycles. The van der Waals surface area contributed by atoms with E-state index in [2.05, 4.69) is 54.5 Å². The molecule has 0 aliphatic rings. The van der Waals surface area contributed by atoms with Crippen LogP contribution in [0.2, 0.25) is 0 Å². The van der Waals surface area contributed by atoms with Crippen molar-refractivity contribution in [1.82, 2.24) is 20.4 Å². The van der Waals surface area contributed by atoms with Gasteiger partial charge in [0.15, 0.2) is 5.96 Å². The van der Waals surface area contributed by atoms with Gasteiger partial charge in [0.05, 0.1) is 5.69 Å². The second kappa shape index (κ2) is 9.02. The monoisotopic (exact) mass is 373 g/mol. The maximum atomic E-state index is 13.5. The highest BCUT2D eigenvalue weighted by Crippen LogP contribution is 2.22. The molecule has 1 atom stereocenters. The molecule has 1 aromatic carbocycles. The number of hydrogen-bond acceptors (Lipinski definition) is 2. The molecule has 2 rings (SSSR count). The SMILES string of the molecule is CN=C(NCC(C)Cn1nc(C)cc1C)NCC(C)(C)c1cccc(F)c1. The van der Waals surface area contributed by atoms with Gasteiger partial charge in [0, 0.05) is 37.8 Å². The predicted molar refractivity (Wildman–Crippen MR) is 110 cm³/mol. The minimum absolute atomic E-state index is 0.207. The van der Waals surface area contributed by atoms with Crippen molar-refractivity contribution in [3.63, 3.8) is 0 Å². The molecule has 0 saturated heterocycles. The van der Waals surface area contributed by atoms with Crippen LogP contribution < -0.4 is 10.6 Å². The van der Waals surface area contributed by atoms with Gasteiger partial charge in [-0.25, -0.2) is 4.39 Å². The van der Waals surface area contributed by atoms with Crippen LogP contribution in [-0.2, 0) is 12.0 Å². The lowest BCUT2D eigenvalue weighted by Crippen LogP contribution is -2.44. The van der Waals surface area contributed by atoms with Crippen molar-refractivity contribution in [2.45, 2.75) is 46.6 Å². The Morgan fingerprint density at radius 3 is 2.59 bits per heavy atom. The summed E-state index contributed by atoms with van der Waals surface area (Å²) in [4.78, 5) is 4.30. The fourth-order valence-electron chi connectivity index (χ4n) is 3.03. The number of guanidine groups is 1. The number of benzene rings is 1. The number of nitrogens with zero attached hydrogens (tertiary/aromatic N) is 3. The van der Waals surface area contributed by atoms with Gasteiger partial charge in [-0.05, 0) is 43.5 Å². The van der Waals surface area contributed by atoms with Crippen LogP contribution in [0.4, 0.5) is 4.39 Å². The molecule has 0 spiro atoms. The maximum absolute atomic E-state index is 13.5. The van der Waals surface area contributed by atoms with Crippen LogP contribution >= 0.6 is 0 Å². The molecule has 5 nitrogen and oxygen atoms in total. The third-order valence-electron chi connectivity index (χ3n) is 4.73.